The highest BCUT2D eigenvalue weighted by Crippen LogP contribution is 2.40. The van der Waals surface area contributed by atoms with E-state index in [4.69, 9.17) is 11.6 Å². The van der Waals surface area contributed by atoms with E-state index in [1.54, 1.807) is 0 Å². The summed E-state index contributed by atoms with van der Waals surface area (Å²) in [6.07, 6.45) is 15.4. The molecular weight excluding hydrogens is 320 g/mol. The van der Waals surface area contributed by atoms with Crippen LogP contribution in [-0.2, 0) is 9.53 Å². The fourth-order valence-corrected chi connectivity index (χ4v) is 3.07. The number of carbonyl (C=O) groups excluding carboxylic acids is 1. The topological polar surface area (TPSA) is 26.3 Å². The van der Waals surface area contributed by atoms with Gasteiger partial charge in [0.05, 0.1) is 0 Å². The molecule has 0 unspecified atom stereocenters. The van der Waals surface area contributed by atoms with Crippen molar-refractivity contribution >= 4 is 17.6 Å². The second-order valence-electron chi connectivity index (χ2n) is 7.00. The van der Waals surface area contributed by atoms with Crippen LogP contribution in [0.5, 0.6) is 0 Å². The van der Waals surface area contributed by atoms with Gasteiger partial charge in [0.25, 0.3) is 0 Å². The Balaban J connectivity index is 2.73. The number of esters is 1. The highest BCUT2D eigenvalue weighted by molar-refractivity contribution is 6.17. The lowest BCUT2D eigenvalue weighted by Gasteiger charge is -2.32. The van der Waals surface area contributed by atoms with Crippen LogP contribution in [0.25, 0.3) is 0 Å². The molecule has 0 saturated heterocycles. The molecule has 0 aromatic rings. The van der Waals surface area contributed by atoms with E-state index in [1.807, 2.05) is 25.2 Å². The van der Waals surface area contributed by atoms with E-state index >= 15 is 0 Å². The smallest absolute Gasteiger partial charge is 0.332 e. The Morgan fingerprint density at radius 1 is 1.25 bits per heavy atom. The van der Waals surface area contributed by atoms with Crippen LogP contribution in [0.3, 0.4) is 0 Å². The maximum Gasteiger partial charge on any atom is 0.332 e. The normalized spacial score (nSPS) is 19.4. The van der Waals surface area contributed by atoms with Gasteiger partial charge < -0.3 is 4.74 Å². The van der Waals surface area contributed by atoms with Gasteiger partial charge in [-0.25, -0.2) is 4.79 Å². The van der Waals surface area contributed by atoms with Gasteiger partial charge in [-0.2, -0.15) is 0 Å². The summed E-state index contributed by atoms with van der Waals surface area (Å²) in [6, 6.07) is -0.123. The molecule has 0 bridgehead atoms. The van der Waals surface area contributed by atoms with Crippen LogP contribution < -0.4 is 0 Å². The molecule has 1 rings (SSSR count). The SMILES string of the molecule is CC(C=CC1=C(C)CCCC1(C)C)=CC=CC(C)=CC(=O)OCCl. The van der Waals surface area contributed by atoms with Crippen molar-refractivity contribution in [3.05, 3.63) is 58.7 Å². The summed E-state index contributed by atoms with van der Waals surface area (Å²) < 4.78 is 4.66. The maximum atomic E-state index is 11.3. The molecule has 0 radical (unpaired) electrons. The monoisotopic (exact) mass is 348 g/mol. The molecular formula is C21H29ClO2. The predicted octanol–water partition coefficient (Wildman–Crippen LogP) is 6.26. The average molecular weight is 349 g/mol. The molecule has 24 heavy (non-hydrogen) atoms. The first kappa shape index (κ1) is 20.5. The van der Waals surface area contributed by atoms with Crippen LogP contribution in [0.1, 0.15) is 53.9 Å². The molecule has 1 aliphatic carbocycles. The Labute approximate surface area is 151 Å². The molecule has 0 aliphatic heterocycles. The molecule has 1 aliphatic rings. The number of hydrogen-bond acceptors (Lipinski definition) is 2. The highest BCUT2D eigenvalue weighted by atomic mass is 35.5. The molecule has 0 spiro atoms. The predicted molar refractivity (Wildman–Crippen MR) is 103 cm³/mol. The Hall–Kier alpha value is -1.54. The minimum Gasteiger partial charge on any atom is -0.446 e. The second-order valence-corrected chi connectivity index (χ2v) is 7.21. The highest BCUT2D eigenvalue weighted by Gasteiger charge is 2.26. The van der Waals surface area contributed by atoms with E-state index in [9.17, 15) is 4.79 Å². The van der Waals surface area contributed by atoms with Crippen LogP contribution in [0.15, 0.2) is 58.7 Å². The third-order valence-corrected chi connectivity index (χ3v) is 4.43. The molecule has 0 fully saturated rings. The third kappa shape index (κ3) is 6.92. The molecule has 3 heteroatoms. The van der Waals surface area contributed by atoms with Gasteiger partial charge in [-0.15, -0.1) is 0 Å². The minimum absolute atomic E-state index is 0.123. The first-order valence-electron chi connectivity index (χ1n) is 8.40. The van der Waals surface area contributed by atoms with Crippen molar-refractivity contribution in [2.45, 2.75) is 53.9 Å². The summed E-state index contributed by atoms with van der Waals surface area (Å²) in [5.74, 6) is -0.422. The van der Waals surface area contributed by atoms with Gasteiger partial charge in [-0.1, -0.05) is 67.0 Å². The van der Waals surface area contributed by atoms with E-state index in [1.165, 1.54) is 42.1 Å². The zero-order valence-corrected chi connectivity index (χ0v) is 16.2. The largest absolute Gasteiger partial charge is 0.446 e. The fraction of sp³-hybridized carbons (Fsp3) is 0.476. The van der Waals surface area contributed by atoms with Crippen LogP contribution in [0, 0.1) is 5.41 Å². The van der Waals surface area contributed by atoms with Crippen LogP contribution in [-0.4, -0.2) is 12.0 Å². The summed E-state index contributed by atoms with van der Waals surface area (Å²) in [5, 5.41) is 0. The van der Waals surface area contributed by atoms with Crippen LogP contribution >= 0.6 is 11.6 Å². The van der Waals surface area contributed by atoms with Crippen molar-refractivity contribution in [1.82, 2.24) is 0 Å². The molecule has 0 amide bonds. The molecule has 0 aromatic carbocycles. The first-order chi connectivity index (χ1) is 11.3. The van der Waals surface area contributed by atoms with E-state index in [0.29, 0.717) is 0 Å². The molecule has 0 aromatic heterocycles. The van der Waals surface area contributed by atoms with Crippen molar-refractivity contribution in [3.8, 4) is 0 Å². The number of ether oxygens (including phenoxy) is 1. The number of alkyl halides is 1. The quantitative estimate of drug-likeness (QED) is 0.245. The van der Waals surface area contributed by atoms with Crippen LogP contribution in [0.4, 0.5) is 0 Å². The van der Waals surface area contributed by atoms with Crippen molar-refractivity contribution in [3.63, 3.8) is 0 Å². The van der Waals surface area contributed by atoms with E-state index in [-0.39, 0.29) is 11.5 Å². The summed E-state index contributed by atoms with van der Waals surface area (Å²) in [6.45, 7) is 10.8. The summed E-state index contributed by atoms with van der Waals surface area (Å²) in [5.41, 5.74) is 5.22. The zero-order chi connectivity index (χ0) is 18.2. The number of hydrogen-bond donors (Lipinski definition) is 0. The summed E-state index contributed by atoms with van der Waals surface area (Å²) in [7, 11) is 0. The van der Waals surface area contributed by atoms with E-state index in [0.717, 1.165) is 5.57 Å². The first-order valence-corrected chi connectivity index (χ1v) is 8.94. The lowest BCUT2D eigenvalue weighted by Crippen LogP contribution is -2.19. The van der Waals surface area contributed by atoms with Crippen molar-refractivity contribution in [2.75, 3.05) is 6.07 Å². The van der Waals surface area contributed by atoms with Gasteiger partial charge in [-0.05, 0) is 56.6 Å². The molecule has 0 N–H and O–H groups in total. The fourth-order valence-electron chi connectivity index (χ4n) is 2.96. The molecule has 132 valence electrons. The number of rotatable bonds is 6. The van der Waals surface area contributed by atoms with Gasteiger partial charge in [0, 0.05) is 6.08 Å². The Bertz CT molecular complexity index is 601. The van der Waals surface area contributed by atoms with Crippen molar-refractivity contribution < 1.29 is 9.53 Å². The zero-order valence-electron chi connectivity index (χ0n) is 15.5. The van der Waals surface area contributed by atoms with Gasteiger partial charge in [0.15, 0.2) is 6.07 Å². The lowest BCUT2D eigenvalue weighted by molar-refractivity contribution is -0.135. The van der Waals surface area contributed by atoms with Gasteiger partial charge in [-0.3, -0.25) is 0 Å². The van der Waals surface area contributed by atoms with Crippen molar-refractivity contribution in [2.24, 2.45) is 5.41 Å². The number of carbonyl (C=O) groups is 1. The third-order valence-electron chi connectivity index (χ3n) is 4.32. The molecule has 2 nitrogen and oxygen atoms in total. The van der Waals surface area contributed by atoms with E-state index < -0.39 is 5.97 Å². The van der Waals surface area contributed by atoms with Gasteiger partial charge in [0.2, 0.25) is 0 Å². The Morgan fingerprint density at radius 2 is 1.96 bits per heavy atom. The summed E-state index contributed by atoms with van der Waals surface area (Å²) in [4.78, 5) is 11.3. The summed E-state index contributed by atoms with van der Waals surface area (Å²) >= 11 is 5.34. The molecule has 0 saturated carbocycles. The molecule has 0 heterocycles. The minimum atomic E-state index is -0.422. The van der Waals surface area contributed by atoms with Gasteiger partial charge >= 0.3 is 5.97 Å². The Morgan fingerprint density at radius 3 is 2.58 bits per heavy atom. The standard InChI is InChI=1S/C21H29ClO2/c1-16(8-6-9-17(2)14-20(23)24-15-22)11-12-19-18(3)10-7-13-21(19,4)5/h6,8-9,11-12,14H,7,10,13,15H2,1-5H3. The van der Waals surface area contributed by atoms with Gasteiger partial charge in [0.1, 0.15) is 0 Å². The van der Waals surface area contributed by atoms with E-state index in [2.05, 4.69) is 44.6 Å². The lowest BCUT2D eigenvalue weighted by atomic mass is 9.72. The number of halogens is 1. The maximum absolute atomic E-state index is 11.3. The molecule has 0 atom stereocenters. The number of allylic oxidation sites excluding steroid dienone is 9. The second kappa shape index (κ2) is 9.68. The van der Waals surface area contributed by atoms with Crippen molar-refractivity contribution in [1.29, 1.82) is 0 Å². The average Bonchev–Trinajstić information content (AvgIpc) is 2.46. The Kier molecular flexibility index (Phi) is 8.27. The van der Waals surface area contributed by atoms with Crippen LogP contribution in [0.2, 0.25) is 0 Å².